The van der Waals surface area contributed by atoms with Crippen LogP contribution in [0, 0.1) is 0 Å². The molecule has 24 heavy (non-hydrogen) atoms. The van der Waals surface area contributed by atoms with Gasteiger partial charge in [0.05, 0.1) is 17.6 Å². The van der Waals surface area contributed by atoms with E-state index >= 15 is 0 Å². The first kappa shape index (κ1) is 16.4. The molecule has 0 unspecified atom stereocenters. The van der Waals surface area contributed by atoms with E-state index in [9.17, 15) is 13.2 Å². The Bertz CT molecular complexity index is 839. The number of nitrogens with zero attached hydrogens (tertiary/aromatic N) is 2. The number of nitrogens with two attached hydrogens (primary N) is 1. The van der Waals surface area contributed by atoms with Gasteiger partial charge in [-0.05, 0) is 36.8 Å². The van der Waals surface area contributed by atoms with Crippen molar-refractivity contribution in [2.75, 3.05) is 13.1 Å². The van der Waals surface area contributed by atoms with E-state index in [1.807, 2.05) is 0 Å². The molecule has 1 atom stereocenters. The highest BCUT2D eigenvalue weighted by Gasteiger charge is 2.33. The van der Waals surface area contributed by atoms with Crippen LogP contribution in [-0.4, -0.2) is 42.8 Å². The van der Waals surface area contributed by atoms with Gasteiger partial charge in [-0.1, -0.05) is 6.07 Å². The molecule has 0 bridgehead atoms. The van der Waals surface area contributed by atoms with Gasteiger partial charge in [-0.15, -0.1) is 0 Å². The van der Waals surface area contributed by atoms with Crippen LogP contribution in [0.15, 0.2) is 53.7 Å². The van der Waals surface area contributed by atoms with Crippen LogP contribution in [0.3, 0.4) is 0 Å². The Labute approximate surface area is 140 Å². The van der Waals surface area contributed by atoms with Gasteiger partial charge in [0, 0.05) is 18.3 Å². The van der Waals surface area contributed by atoms with E-state index in [1.54, 1.807) is 24.5 Å². The third-order valence-electron chi connectivity index (χ3n) is 3.80. The highest BCUT2D eigenvalue weighted by Crippen LogP contribution is 2.24. The number of hydrogen-bond acceptors (Lipinski definition) is 5. The molecule has 2 heterocycles. The predicted octanol–water partition coefficient (Wildman–Crippen LogP) is 1.02. The number of rotatable bonds is 5. The Kier molecular flexibility index (Phi) is 4.50. The lowest BCUT2D eigenvalue weighted by Crippen LogP contribution is -2.31. The van der Waals surface area contributed by atoms with E-state index in [2.05, 4.69) is 4.98 Å². The molecule has 1 aliphatic heterocycles. The molecule has 2 N–H and O–H groups in total. The SMILES string of the molecule is NC(=O)c1cccc(S(=O)(=O)N2CC[C@@H](Oc3cccnc3)C2)c1. The second kappa shape index (κ2) is 6.58. The molecule has 2 aromatic rings. The van der Waals surface area contributed by atoms with Crippen molar-refractivity contribution in [3.05, 3.63) is 54.4 Å². The van der Waals surface area contributed by atoms with E-state index in [4.69, 9.17) is 10.5 Å². The molecule has 126 valence electrons. The maximum atomic E-state index is 12.7. The zero-order valence-electron chi connectivity index (χ0n) is 12.8. The third-order valence-corrected chi connectivity index (χ3v) is 5.66. The first-order valence-corrected chi connectivity index (χ1v) is 8.87. The van der Waals surface area contributed by atoms with Crippen LogP contribution in [0.25, 0.3) is 0 Å². The fourth-order valence-electron chi connectivity index (χ4n) is 2.58. The molecule has 0 radical (unpaired) electrons. The van der Waals surface area contributed by atoms with Gasteiger partial charge in [-0.2, -0.15) is 4.31 Å². The average Bonchev–Trinajstić information content (AvgIpc) is 3.05. The smallest absolute Gasteiger partial charge is 0.248 e. The molecular formula is C16H17N3O4S. The zero-order valence-corrected chi connectivity index (χ0v) is 13.6. The van der Waals surface area contributed by atoms with Gasteiger partial charge in [0.25, 0.3) is 0 Å². The van der Waals surface area contributed by atoms with Gasteiger partial charge in [0.2, 0.25) is 15.9 Å². The summed E-state index contributed by atoms with van der Waals surface area (Å²) < 4.78 is 32.5. The van der Waals surface area contributed by atoms with Gasteiger partial charge >= 0.3 is 0 Å². The molecule has 1 fully saturated rings. The van der Waals surface area contributed by atoms with Crippen LogP contribution >= 0.6 is 0 Å². The lowest BCUT2D eigenvalue weighted by molar-refractivity contribution is 0.1000. The van der Waals surface area contributed by atoms with Crippen molar-refractivity contribution in [2.45, 2.75) is 17.4 Å². The standard InChI is InChI=1S/C16H17N3O4S/c17-16(20)12-3-1-5-15(9-12)24(21,22)19-8-6-14(11-19)23-13-4-2-7-18-10-13/h1-5,7,9-10,14H,6,8,11H2,(H2,17,20)/t14-/m1/s1. The summed E-state index contributed by atoms with van der Waals surface area (Å²) >= 11 is 0. The zero-order chi connectivity index (χ0) is 17.2. The van der Waals surface area contributed by atoms with E-state index in [1.165, 1.54) is 28.6 Å². The number of primary amides is 1. The Hall–Kier alpha value is -2.45. The van der Waals surface area contributed by atoms with Crippen LogP contribution in [0.5, 0.6) is 5.75 Å². The molecule has 8 heteroatoms. The fraction of sp³-hybridized carbons (Fsp3) is 0.250. The van der Waals surface area contributed by atoms with Crippen molar-refractivity contribution < 1.29 is 17.9 Å². The average molecular weight is 347 g/mol. The Balaban J connectivity index is 1.74. The topological polar surface area (TPSA) is 103 Å². The minimum Gasteiger partial charge on any atom is -0.487 e. The van der Waals surface area contributed by atoms with Crippen LogP contribution < -0.4 is 10.5 Å². The summed E-state index contributed by atoms with van der Waals surface area (Å²) in [6, 6.07) is 9.28. The van der Waals surface area contributed by atoms with Gasteiger partial charge in [-0.25, -0.2) is 8.42 Å². The van der Waals surface area contributed by atoms with Crippen molar-refractivity contribution in [1.82, 2.24) is 9.29 Å². The maximum absolute atomic E-state index is 12.7. The van der Waals surface area contributed by atoms with E-state index in [0.29, 0.717) is 18.7 Å². The van der Waals surface area contributed by atoms with Gasteiger partial charge in [-0.3, -0.25) is 9.78 Å². The van der Waals surface area contributed by atoms with Gasteiger partial charge < -0.3 is 10.5 Å². The summed E-state index contributed by atoms with van der Waals surface area (Å²) in [5, 5.41) is 0. The first-order valence-electron chi connectivity index (χ1n) is 7.43. The second-order valence-electron chi connectivity index (χ2n) is 5.47. The van der Waals surface area contributed by atoms with Crippen LogP contribution in [-0.2, 0) is 10.0 Å². The number of ether oxygens (including phenoxy) is 1. The van der Waals surface area contributed by atoms with Gasteiger partial charge in [0.15, 0.2) is 0 Å². The molecule has 3 rings (SSSR count). The van der Waals surface area contributed by atoms with Crippen molar-refractivity contribution in [3.8, 4) is 5.75 Å². The first-order chi connectivity index (χ1) is 11.5. The lowest BCUT2D eigenvalue weighted by atomic mass is 10.2. The fourth-order valence-corrected chi connectivity index (χ4v) is 4.11. The largest absolute Gasteiger partial charge is 0.487 e. The van der Waals surface area contributed by atoms with Crippen LogP contribution in [0.2, 0.25) is 0 Å². The molecule has 1 saturated heterocycles. The highest BCUT2D eigenvalue weighted by molar-refractivity contribution is 7.89. The molecular weight excluding hydrogens is 330 g/mol. The lowest BCUT2D eigenvalue weighted by Gasteiger charge is -2.17. The maximum Gasteiger partial charge on any atom is 0.248 e. The highest BCUT2D eigenvalue weighted by atomic mass is 32.2. The number of sulfonamides is 1. The number of amides is 1. The number of benzene rings is 1. The van der Waals surface area contributed by atoms with Crippen molar-refractivity contribution in [1.29, 1.82) is 0 Å². The summed E-state index contributed by atoms with van der Waals surface area (Å²) in [4.78, 5) is 15.3. The van der Waals surface area contributed by atoms with Crippen LogP contribution in [0.4, 0.5) is 0 Å². The van der Waals surface area contributed by atoms with E-state index < -0.39 is 15.9 Å². The summed E-state index contributed by atoms with van der Waals surface area (Å²) in [5.41, 5.74) is 5.38. The monoisotopic (exact) mass is 347 g/mol. The Morgan fingerprint density at radius 1 is 1.29 bits per heavy atom. The number of pyridine rings is 1. The van der Waals surface area contributed by atoms with Crippen molar-refractivity contribution >= 4 is 15.9 Å². The van der Waals surface area contributed by atoms with Crippen molar-refractivity contribution in [2.24, 2.45) is 5.73 Å². The summed E-state index contributed by atoms with van der Waals surface area (Å²) in [6.07, 6.45) is 3.59. The molecule has 7 nitrogen and oxygen atoms in total. The van der Waals surface area contributed by atoms with Crippen LogP contribution in [0.1, 0.15) is 16.8 Å². The molecule has 0 spiro atoms. The minimum absolute atomic E-state index is 0.0563. The Morgan fingerprint density at radius 3 is 2.83 bits per heavy atom. The molecule has 0 saturated carbocycles. The quantitative estimate of drug-likeness (QED) is 0.870. The predicted molar refractivity (Wildman–Crippen MR) is 87.0 cm³/mol. The number of hydrogen-bond donors (Lipinski definition) is 1. The van der Waals surface area contributed by atoms with E-state index in [-0.39, 0.29) is 23.1 Å². The molecule has 1 aromatic heterocycles. The summed E-state index contributed by atoms with van der Waals surface area (Å²) in [7, 11) is -3.69. The number of carbonyl (C=O) groups is 1. The molecule has 1 amide bonds. The second-order valence-corrected chi connectivity index (χ2v) is 7.41. The van der Waals surface area contributed by atoms with Gasteiger partial charge in [0.1, 0.15) is 11.9 Å². The third kappa shape index (κ3) is 3.39. The number of aromatic nitrogens is 1. The number of carbonyl (C=O) groups excluding carboxylic acids is 1. The van der Waals surface area contributed by atoms with Crippen molar-refractivity contribution in [3.63, 3.8) is 0 Å². The Morgan fingerprint density at radius 2 is 2.12 bits per heavy atom. The normalized spacial score (nSPS) is 18.4. The molecule has 1 aliphatic rings. The molecule has 0 aliphatic carbocycles. The molecule has 1 aromatic carbocycles. The minimum atomic E-state index is -3.69. The summed E-state index contributed by atoms with van der Waals surface area (Å²) in [6.45, 7) is 0.603. The van der Waals surface area contributed by atoms with E-state index in [0.717, 1.165) is 0 Å². The summed E-state index contributed by atoms with van der Waals surface area (Å²) in [5.74, 6) is -0.0521.